The zero-order chi connectivity index (χ0) is 27.8. The average molecular weight is 601 g/mol. The lowest BCUT2D eigenvalue weighted by atomic mass is 9.68. The SMILES string of the molecule is O=C1C2C3CC(C2C(=O)N1c1ccc(Cl)cc1)C1C3Sc2[nH]c(=O)sc2[C@@H]1c1cccc(OCc2ccccc2)c1. The van der Waals surface area contributed by atoms with Crippen LogP contribution in [-0.2, 0) is 16.2 Å². The Kier molecular flexibility index (Phi) is 5.95. The maximum absolute atomic E-state index is 13.9. The van der Waals surface area contributed by atoms with Gasteiger partial charge < -0.3 is 9.72 Å². The van der Waals surface area contributed by atoms with Crippen LogP contribution in [-0.4, -0.2) is 22.0 Å². The molecule has 7 atom stereocenters. The Bertz CT molecular complexity index is 1740. The third-order valence-corrected chi connectivity index (χ3v) is 12.1. The van der Waals surface area contributed by atoms with E-state index in [1.165, 1.54) is 16.2 Å². The van der Waals surface area contributed by atoms with E-state index in [2.05, 4.69) is 17.1 Å². The van der Waals surface area contributed by atoms with Crippen LogP contribution >= 0.6 is 34.7 Å². The fraction of sp³-hybridized carbons (Fsp3) is 0.281. The fourth-order valence-electron chi connectivity index (χ4n) is 7.77. The predicted molar refractivity (Wildman–Crippen MR) is 160 cm³/mol. The number of rotatable bonds is 5. The molecule has 2 aliphatic heterocycles. The van der Waals surface area contributed by atoms with Gasteiger partial charge in [-0.1, -0.05) is 65.4 Å². The number of halogens is 1. The van der Waals surface area contributed by atoms with E-state index >= 15 is 0 Å². The van der Waals surface area contributed by atoms with Crippen molar-refractivity contribution in [2.45, 2.75) is 29.2 Å². The van der Waals surface area contributed by atoms with Crippen LogP contribution in [0.3, 0.4) is 0 Å². The number of ether oxygens (including phenoxy) is 1. The monoisotopic (exact) mass is 600 g/mol. The number of aromatic nitrogens is 1. The molecule has 2 aliphatic carbocycles. The van der Waals surface area contributed by atoms with Crippen molar-refractivity contribution in [1.82, 2.24) is 4.98 Å². The standard InChI is InChI=1S/C32H25ClN2O4S2/c33-18-9-11-19(12-10-18)35-30(36)25-21-14-22(26(25)31(35)37)27-24(21)23(28-29(40-27)34-32(38)41-28)17-7-4-8-20(13-17)39-15-16-5-2-1-3-6-16/h1-13,21-27H,14-15H2,(H,34,38)/t21?,22?,23-,24?,25?,26?,27?/m1/s1. The second-order valence-electron chi connectivity index (χ2n) is 11.3. The van der Waals surface area contributed by atoms with Gasteiger partial charge in [-0.25, -0.2) is 0 Å². The molecule has 3 fully saturated rings. The van der Waals surface area contributed by atoms with Crippen LogP contribution in [0, 0.1) is 29.6 Å². The van der Waals surface area contributed by atoms with Crippen LogP contribution in [0.1, 0.15) is 28.3 Å². The summed E-state index contributed by atoms with van der Waals surface area (Å²) in [6.45, 7) is 0.463. The van der Waals surface area contributed by atoms with E-state index in [4.69, 9.17) is 16.3 Å². The van der Waals surface area contributed by atoms with Gasteiger partial charge in [0.25, 0.3) is 0 Å². The predicted octanol–water partition coefficient (Wildman–Crippen LogP) is 6.35. The molecule has 4 aromatic rings. The molecular weight excluding hydrogens is 576 g/mol. The summed E-state index contributed by atoms with van der Waals surface area (Å²) in [6, 6.07) is 25.1. The molecule has 6 nitrogen and oxygen atoms in total. The van der Waals surface area contributed by atoms with Crippen molar-refractivity contribution in [3.63, 3.8) is 0 Å². The minimum Gasteiger partial charge on any atom is -0.489 e. The number of imide groups is 1. The lowest BCUT2D eigenvalue weighted by Gasteiger charge is -2.43. The molecule has 206 valence electrons. The molecule has 3 aromatic carbocycles. The molecular formula is C32H25ClN2O4S2. The number of benzene rings is 3. The van der Waals surface area contributed by atoms with E-state index < -0.39 is 0 Å². The largest absolute Gasteiger partial charge is 0.489 e. The van der Waals surface area contributed by atoms with Crippen LogP contribution in [0.25, 0.3) is 0 Å². The number of nitrogens with zero attached hydrogens (tertiary/aromatic N) is 1. The van der Waals surface area contributed by atoms with Crippen molar-refractivity contribution >= 4 is 52.2 Å². The second kappa shape index (κ2) is 9.61. The van der Waals surface area contributed by atoms with Crippen LogP contribution in [0.4, 0.5) is 5.69 Å². The van der Waals surface area contributed by atoms with Gasteiger partial charge >= 0.3 is 4.87 Å². The first-order chi connectivity index (χ1) is 20.0. The maximum atomic E-state index is 13.9. The maximum Gasteiger partial charge on any atom is 0.305 e. The van der Waals surface area contributed by atoms with Crippen molar-refractivity contribution in [2.75, 3.05) is 4.90 Å². The Balaban J connectivity index is 1.16. The number of amides is 2. The van der Waals surface area contributed by atoms with E-state index in [1.807, 2.05) is 42.5 Å². The van der Waals surface area contributed by atoms with Gasteiger partial charge in [0.05, 0.1) is 22.5 Å². The van der Waals surface area contributed by atoms with Gasteiger partial charge in [0.1, 0.15) is 12.4 Å². The lowest BCUT2D eigenvalue weighted by molar-refractivity contribution is -0.123. The normalized spacial score (nSPS) is 29.4. The van der Waals surface area contributed by atoms with Gasteiger partial charge in [-0.3, -0.25) is 19.3 Å². The Hall–Kier alpha value is -3.33. The molecule has 1 N–H and O–H groups in total. The molecule has 9 heteroatoms. The first-order valence-corrected chi connectivity index (χ1v) is 15.8. The molecule has 41 heavy (non-hydrogen) atoms. The molecule has 6 unspecified atom stereocenters. The molecule has 2 amide bonds. The third-order valence-electron chi connectivity index (χ3n) is 9.27. The first kappa shape index (κ1) is 25.4. The molecule has 1 aromatic heterocycles. The highest BCUT2D eigenvalue weighted by molar-refractivity contribution is 8.00. The summed E-state index contributed by atoms with van der Waals surface area (Å²) in [5, 5.41) is 1.60. The second-order valence-corrected chi connectivity index (χ2v) is 13.9. The topological polar surface area (TPSA) is 79.5 Å². The molecule has 2 bridgehead atoms. The molecule has 0 spiro atoms. The van der Waals surface area contributed by atoms with Gasteiger partial charge in [-0.05, 0) is 71.7 Å². The van der Waals surface area contributed by atoms with E-state index in [0.29, 0.717) is 17.3 Å². The molecule has 3 heterocycles. The molecule has 8 rings (SSSR count). The number of carbonyl (C=O) groups is 2. The number of anilines is 1. The van der Waals surface area contributed by atoms with Crippen LogP contribution < -0.4 is 14.5 Å². The average Bonchev–Trinajstić information content (AvgIpc) is 3.72. The number of H-pyrrole nitrogens is 1. The number of nitrogens with one attached hydrogen (secondary N) is 1. The first-order valence-electron chi connectivity index (χ1n) is 13.8. The van der Waals surface area contributed by atoms with E-state index in [9.17, 15) is 14.4 Å². The van der Waals surface area contributed by atoms with Crippen LogP contribution in [0.2, 0.25) is 5.02 Å². The number of hydrogen-bond acceptors (Lipinski definition) is 6. The summed E-state index contributed by atoms with van der Waals surface area (Å²) in [7, 11) is 0. The highest BCUT2D eigenvalue weighted by Crippen LogP contribution is 2.68. The number of carbonyl (C=O) groups excluding carboxylic acids is 2. The number of fused-ring (bicyclic) bond motifs is 9. The molecule has 1 saturated heterocycles. The van der Waals surface area contributed by atoms with Crippen molar-refractivity contribution in [3.8, 4) is 5.75 Å². The van der Waals surface area contributed by atoms with E-state index in [0.717, 1.165) is 33.2 Å². The molecule has 4 aliphatic rings. The zero-order valence-corrected chi connectivity index (χ0v) is 24.1. The summed E-state index contributed by atoms with van der Waals surface area (Å²) in [6.07, 6.45) is 0.851. The zero-order valence-electron chi connectivity index (χ0n) is 21.7. The quantitative estimate of drug-likeness (QED) is 0.270. The summed E-state index contributed by atoms with van der Waals surface area (Å²) in [5.74, 6) is 0.0995. The Morgan fingerprint density at radius 1 is 0.902 bits per heavy atom. The van der Waals surface area contributed by atoms with Gasteiger partial charge in [0.15, 0.2) is 0 Å². The summed E-state index contributed by atoms with van der Waals surface area (Å²) >= 11 is 9.04. The molecule has 0 radical (unpaired) electrons. The lowest BCUT2D eigenvalue weighted by Crippen LogP contribution is -2.42. The highest BCUT2D eigenvalue weighted by Gasteiger charge is 2.69. The summed E-state index contributed by atoms with van der Waals surface area (Å²) < 4.78 is 6.18. The van der Waals surface area contributed by atoms with Crippen LogP contribution in [0.15, 0.2) is 88.7 Å². The van der Waals surface area contributed by atoms with Gasteiger partial charge in [-0.2, -0.15) is 0 Å². The Morgan fingerprint density at radius 2 is 1.66 bits per heavy atom. The highest BCUT2D eigenvalue weighted by atomic mass is 35.5. The summed E-state index contributed by atoms with van der Waals surface area (Å²) in [4.78, 5) is 45.7. The number of aromatic amines is 1. The number of thioether (sulfide) groups is 1. The van der Waals surface area contributed by atoms with E-state index in [1.54, 1.807) is 36.0 Å². The Morgan fingerprint density at radius 3 is 2.44 bits per heavy atom. The van der Waals surface area contributed by atoms with Crippen molar-refractivity contribution in [1.29, 1.82) is 0 Å². The molecule has 2 saturated carbocycles. The van der Waals surface area contributed by atoms with Gasteiger partial charge in [0, 0.05) is 21.1 Å². The number of hydrogen-bond donors (Lipinski definition) is 1. The van der Waals surface area contributed by atoms with E-state index in [-0.39, 0.29) is 57.4 Å². The van der Waals surface area contributed by atoms with Crippen molar-refractivity contribution in [2.24, 2.45) is 29.6 Å². The van der Waals surface area contributed by atoms with Crippen molar-refractivity contribution < 1.29 is 14.3 Å². The fourth-order valence-corrected chi connectivity index (χ4v) is 10.8. The smallest absolute Gasteiger partial charge is 0.305 e. The van der Waals surface area contributed by atoms with Crippen LogP contribution in [0.5, 0.6) is 5.75 Å². The number of thiazole rings is 1. The minimum absolute atomic E-state index is 0.0519. The van der Waals surface area contributed by atoms with Gasteiger partial charge in [-0.15, -0.1) is 11.8 Å². The van der Waals surface area contributed by atoms with Crippen molar-refractivity contribution in [3.05, 3.63) is 110 Å². The minimum atomic E-state index is -0.345. The summed E-state index contributed by atoms with van der Waals surface area (Å²) in [5.41, 5.74) is 2.75. The Labute approximate surface area is 249 Å². The van der Waals surface area contributed by atoms with Gasteiger partial charge in [0.2, 0.25) is 11.8 Å². The third kappa shape index (κ3) is 3.95.